The number of esters is 1. The molecule has 0 saturated heterocycles. The minimum Gasteiger partial charge on any atom is -0.494 e. The van der Waals surface area contributed by atoms with Crippen LogP contribution in [0.1, 0.15) is 25.3 Å². The molecule has 1 aromatic rings. The maximum absolute atomic E-state index is 11.4. The predicted octanol–water partition coefficient (Wildman–Crippen LogP) is -0.565. The van der Waals surface area contributed by atoms with E-state index >= 15 is 0 Å². The Morgan fingerprint density at radius 1 is 1.44 bits per heavy atom. The summed E-state index contributed by atoms with van der Waals surface area (Å²) in [5.41, 5.74) is -1.85. The van der Waals surface area contributed by atoms with Gasteiger partial charge < -0.3 is 9.84 Å². The smallest absolute Gasteiger partial charge is 0.328 e. The van der Waals surface area contributed by atoms with Crippen molar-refractivity contribution in [1.29, 1.82) is 0 Å². The number of nitrogens with one attached hydrogen (secondary N) is 2. The van der Waals surface area contributed by atoms with Crippen LogP contribution in [0.2, 0.25) is 0 Å². The highest BCUT2D eigenvalue weighted by Crippen LogP contribution is 2.19. The lowest BCUT2D eigenvalue weighted by atomic mass is 10.0. The topological polar surface area (TPSA) is 112 Å². The van der Waals surface area contributed by atoms with Gasteiger partial charge in [-0.2, -0.15) is 0 Å². The van der Waals surface area contributed by atoms with Crippen molar-refractivity contribution in [2.75, 3.05) is 6.61 Å². The van der Waals surface area contributed by atoms with E-state index in [9.17, 15) is 19.5 Å². The minimum atomic E-state index is -0.944. The van der Waals surface area contributed by atoms with Gasteiger partial charge in [-0.25, -0.2) is 4.79 Å². The van der Waals surface area contributed by atoms with E-state index in [1.165, 1.54) is 6.92 Å². The van der Waals surface area contributed by atoms with Gasteiger partial charge in [-0.15, -0.1) is 0 Å². The monoisotopic (exact) mass is 228 g/mol. The molecule has 0 fully saturated rings. The van der Waals surface area contributed by atoms with Crippen molar-refractivity contribution in [3.63, 3.8) is 0 Å². The molecule has 3 N–H and O–H groups in total. The summed E-state index contributed by atoms with van der Waals surface area (Å²) in [4.78, 5) is 37.4. The fourth-order valence-electron chi connectivity index (χ4n) is 1.27. The molecule has 0 aliphatic carbocycles. The third kappa shape index (κ3) is 2.30. The van der Waals surface area contributed by atoms with Gasteiger partial charge in [-0.05, 0) is 13.8 Å². The second-order valence-electron chi connectivity index (χ2n) is 3.14. The lowest BCUT2D eigenvalue weighted by molar-refractivity contribution is -0.144. The summed E-state index contributed by atoms with van der Waals surface area (Å²) in [6.07, 6.45) is 0. The molecule has 7 heteroatoms. The molecule has 0 aromatic carbocycles. The van der Waals surface area contributed by atoms with Gasteiger partial charge in [-0.3, -0.25) is 19.6 Å². The van der Waals surface area contributed by atoms with Crippen molar-refractivity contribution < 1.29 is 14.6 Å². The normalized spacial score (nSPS) is 12.1. The van der Waals surface area contributed by atoms with E-state index in [-0.39, 0.29) is 12.2 Å². The highest BCUT2D eigenvalue weighted by atomic mass is 16.5. The average Bonchev–Trinajstić information content (AvgIpc) is 2.16. The van der Waals surface area contributed by atoms with Crippen molar-refractivity contribution in [3.8, 4) is 5.88 Å². The molecule has 0 unspecified atom stereocenters. The first-order valence-electron chi connectivity index (χ1n) is 4.69. The fourth-order valence-corrected chi connectivity index (χ4v) is 1.27. The molecular weight excluding hydrogens is 216 g/mol. The Bertz CT molecular complexity index is 501. The number of aromatic hydroxyl groups is 1. The van der Waals surface area contributed by atoms with Crippen LogP contribution in [0.15, 0.2) is 9.59 Å². The molecule has 1 aromatic heterocycles. The summed E-state index contributed by atoms with van der Waals surface area (Å²) >= 11 is 0. The van der Waals surface area contributed by atoms with Crippen molar-refractivity contribution in [2.24, 2.45) is 0 Å². The van der Waals surface area contributed by atoms with Gasteiger partial charge in [0.1, 0.15) is 0 Å². The quantitative estimate of drug-likeness (QED) is 0.600. The standard InChI is InChI=1S/C9H12N2O5/c1-3-16-8(14)4(2)5-6(12)10-9(15)11-7(5)13/h4H,3H2,1-2H3,(H3,10,11,12,13,15)/t4-/m0/s1. The Kier molecular flexibility index (Phi) is 3.49. The lowest BCUT2D eigenvalue weighted by Crippen LogP contribution is -2.28. The zero-order chi connectivity index (χ0) is 12.3. The largest absolute Gasteiger partial charge is 0.494 e. The summed E-state index contributed by atoms with van der Waals surface area (Å²) in [5.74, 6) is -2.20. The van der Waals surface area contributed by atoms with Crippen LogP contribution in [-0.4, -0.2) is 27.7 Å². The summed E-state index contributed by atoms with van der Waals surface area (Å²) < 4.78 is 4.70. The molecule has 0 amide bonds. The Hall–Kier alpha value is -2.05. The van der Waals surface area contributed by atoms with E-state index in [1.54, 1.807) is 6.92 Å². The van der Waals surface area contributed by atoms with Crippen molar-refractivity contribution in [2.45, 2.75) is 19.8 Å². The van der Waals surface area contributed by atoms with Crippen LogP contribution in [0.5, 0.6) is 5.88 Å². The molecule has 0 bridgehead atoms. The van der Waals surface area contributed by atoms with E-state index in [2.05, 4.69) is 0 Å². The first-order chi connectivity index (χ1) is 7.47. The molecule has 0 spiro atoms. The predicted molar refractivity (Wildman–Crippen MR) is 54.4 cm³/mol. The second kappa shape index (κ2) is 4.65. The molecule has 7 nitrogen and oxygen atoms in total. The third-order valence-electron chi connectivity index (χ3n) is 2.03. The molecule has 16 heavy (non-hydrogen) atoms. The molecule has 88 valence electrons. The highest BCUT2D eigenvalue weighted by molar-refractivity contribution is 5.78. The van der Waals surface area contributed by atoms with Gasteiger partial charge >= 0.3 is 11.7 Å². The second-order valence-corrected chi connectivity index (χ2v) is 3.14. The van der Waals surface area contributed by atoms with Crippen LogP contribution < -0.4 is 11.2 Å². The molecule has 1 atom stereocenters. The number of carbonyl (C=O) groups excluding carboxylic acids is 1. The summed E-state index contributed by atoms with van der Waals surface area (Å²) in [5, 5.41) is 9.38. The molecule has 0 aliphatic rings. The van der Waals surface area contributed by atoms with Crippen LogP contribution in [-0.2, 0) is 9.53 Å². The van der Waals surface area contributed by atoms with Crippen LogP contribution in [0.25, 0.3) is 0 Å². The van der Waals surface area contributed by atoms with E-state index in [0.717, 1.165) is 0 Å². The lowest BCUT2D eigenvalue weighted by Gasteiger charge is -2.10. The SMILES string of the molecule is CCOC(=O)[C@@H](C)c1c(O)[nH]c(=O)[nH]c1=O. The van der Waals surface area contributed by atoms with Gasteiger partial charge in [-0.1, -0.05) is 0 Å². The maximum atomic E-state index is 11.4. The van der Waals surface area contributed by atoms with E-state index in [1.807, 2.05) is 9.97 Å². The van der Waals surface area contributed by atoms with Crippen molar-refractivity contribution in [3.05, 3.63) is 26.4 Å². The Morgan fingerprint density at radius 3 is 2.56 bits per heavy atom. The molecule has 0 radical (unpaired) electrons. The first-order valence-corrected chi connectivity index (χ1v) is 4.69. The number of carbonyl (C=O) groups is 1. The van der Waals surface area contributed by atoms with Gasteiger partial charge in [0.2, 0.25) is 5.88 Å². The Balaban J connectivity index is 3.19. The molecule has 1 rings (SSSR count). The van der Waals surface area contributed by atoms with Gasteiger partial charge in [0.25, 0.3) is 5.56 Å². The van der Waals surface area contributed by atoms with E-state index in [4.69, 9.17) is 4.74 Å². The number of hydrogen-bond acceptors (Lipinski definition) is 5. The number of H-pyrrole nitrogens is 2. The van der Waals surface area contributed by atoms with Crippen molar-refractivity contribution in [1.82, 2.24) is 9.97 Å². The number of hydrogen-bond donors (Lipinski definition) is 3. The third-order valence-corrected chi connectivity index (χ3v) is 2.03. The van der Waals surface area contributed by atoms with E-state index < -0.39 is 29.0 Å². The van der Waals surface area contributed by atoms with Crippen LogP contribution in [0.4, 0.5) is 0 Å². The minimum absolute atomic E-state index is 0.172. The van der Waals surface area contributed by atoms with E-state index in [0.29, 0.717) is 0 Å². The Morgan fingerprint density at radius 2 is 2.06 bits per heavy atom. The molecular formula is C9H12N2O5. The molecule has 0 aliphatic heterocycles. The zero-order valence-corrected chi connectivity index (χ0v) is 8.86. The fraction of sp³-hybridized carbons (Fsp3) is 0.444. The number of rotatable bonds is 3. The van der Waals surface area contributed by atoms with Gasteiger partial charge in [0, 0.05) is 0 Å². The summed E-state index contributed by atoms with van der Waals surface area (Å²) in [7, 11) is 0. The average molecular weight is 228 g/mol. The molecule has 0 saturated carbocycles. The van der Waals surface area contributed by atoms with Crippen LogP contribution in [0.3, 0.4) is 0 Å². The zero-order valence-electron chi connectivity index (χ0n) is 8.86. The number of aromatic amines is 2. The first kappa shape index (κ1) is 12.0. The number of ether oxygens (including phenoxy) is 1. The Labute approximate surface area is 90.1 Å². The van der Waals surface area contributed by atoms with Gasteiger partial charge in [0.15, 0.2) is 0 Å². The maximum Gasteiger partial charge on any atom is 0.328 e. The molecule has 1 heterocycles. The highest BCUT2D eigenvalue weighted by Gasteiger charge is 2.23. The number of aromatic nitrogens is 2. The van der Waals surface area contributed by atoms with Gasteiger partial charge in [0.05, 0.1) is 18.1 Å². The summed E-state index contributed by atoms with van der Waals surface area (Å²) in [6, 6.07) is 0. The van der Waals surface area contributed by atoms with Crippen LogP contribution in [0, 0.1) is 0 Å². The van der Waals surface area contributed by atoms with Crippen molar-refractivity contribution >= 4 is 5.97 Å². The van der Waals surface area contributed by atoms with Crippen LogP contribution >= 0.6 is 0 Å². The summed E-state index contributed by atoms with van der Waals surface area (Å²) in [6.45, 7) is 3.20.